The van der Waals surface area contributed by atoms with Crippen molar-refractivity contribution in [2.75, 3.05) is 5.01 Å². The van der Waals surface area contributed by atoms with Gasteiger partial charge in [0.15, 0.2) is 17.3 Å². The van der Waals surface area contributed by atoms with Crippen LogP contribution in [0.1, 0.15) is 19.3 Å². The number of nitro groups is 1. The Morgan fingerprint density at radius 3 is 2.72 bits per heavy atom. The molecule has 3 rings (SSSR count). The molecule has 25 heavy (non-hydrogen) atoms. The summed E-state index contributed by atoms with van der Waals surface area (Å²) in [6, 6.07) is 0.912. The van der Waals surface area contributed by atoms with Crippen LogP contribution in [-0.4, -0.2) is 39.3 Å². The van der Waals surface area contributed by atoms with Gasteiger partial charge in [0.2, 0.25) is 6.04 Å². The maximum atomic E-state index is 12.6. The highest BCUT2D eigenvalue weighted by Gasteiger charge is 2.56. The Hall–Kier alpha value is -3.17. The number of aromatic nitrogens is 1. The number of carbonyl (C=O) groups is 3. The fraction of sp³-hybridized carbons (Fsp3) is 0.400. The molecule has 0 radical (unpaired) electrons. The van der Waals surface area contributed by atoms with Gasteiger partial charge in [0.25, 0.3) is 0 Å². The number of ketones is 2. The fourth-order valence-electron chi connectivity index (χ4n) is 3.43. The summed E-state index contributed by atoms with van der Waals surface area (Å²) in [5.41, 5.74) is 5.00. The Morgan fingerprint density at radius 2 is 2.12 bits per heavy atom. The van der Waals surface area contributed by atoms with E-state index in [0.717, 1.165) is 0 Å². The van der Waals surface area contributed by atoms with Gasteiger partial charge in [0.05, 0.1) is 11.9 Å². The SMILES string of the molecule is NC(=O)N(/N=C1/C(=O)C2CCCC([N+](=O)[O-])C2C1=O)c1cccnc1. The minimum atomic E-state index is -1.11. The molecule has 1 aromatic rings. The van der Waals surface area contributed by atoms with E-state index in [4.69, 9.17) is 5.73 Å². The molecule has 0 bridgehead atoms. The van der Waals surface area contributed by atoms with Crippen molar-refractivity contribution in [2.24, 2.45) is 22.7 Å². The standard InChI is InChI=1S/C15H15N5O5/c16-15(23)19(8-3-2-6-17-7-8)18-12-13(21)9-4-1-5-10(20(24)25)11(9)14(12)22/h2-3,6-7,9-11H,1,4-5H2,(H2,16,23)/b18-12-. The number of anilines is 1. The number of amides is 2. The van der Waals surface area contributed by atoms with Crippen molar-refractivity contribution in [1.29, 1.82) is 0 Å². The third kappa shape index (κ3) is 2.86. The van der Waals surface area contributed by atoms with Crippen LogP contribution in [0.5, 0.6) is 0 Å². The second kappa shape index (κ2) is 6.38. The first kappa shape index (κ1) is 16.7. The van der Waals surface area contributed by atoms with Gasteiger partial charge in [-0.25, -0.2) is 4.79 Å². The van der Waals surface area contributed by atoms with Gasteiger partial charge in [-0.3, -0.25) is 24.7 Å². The van der Waals surface area contributed by atoms with E-state index in [0.29, 0.717) is 17.9 Å². The van der Waals surface area contributed by atoms with E-state index in [9.17, 15) is 24.5 Å². The summed E-state index contributed by atoms with van der Waals surface area (Å²) in [5, 5.41) is 15.8. The van der Waals surface area contributed by atoms with E-state index in [1.54, 1.807) is 0 Å². The summed E-state index contributed by atoms with van der Waals surface area (Å²) in [7, 11) is 0. The summed E-state index contributed by atoms with van der Waals surface area (Å²) in [4.78, 5) is 51.3. The molecule has 2 aliphatic rings. The highest BCUT2D eigenvalue weighted by atomic mass is 16.6. The molecule has 10 heteroatoms. The molecule has 0 saturated heterocycles. The molecule has 2 fully saturated rings. The number of fused-ring (bicyclic) bond motifs is 1. The predicted molar refractivity (Wildman–Crippen MR) is 85.4 cm³/mol. The molecule has 2 amide bonds. The molecule has 2 N–H and O–H groups in total. The summed E-state index contributed by atoms with van der Waals surface area (Å²) < 4.78 is 0. The van der Waals surface area contributed by atoms with Crippen molar-refractivity contribution in [3.8, 4) is 0 Å². The first-order chi connectivity index (χ1) is 11.9. The maximum absolute atomic E-state index is 12.6. The van der Waals surface area contributed by atoms with E-state index >= 15 is 0 Å². The lowest BCUT2D eigenvalue weighted by atomic mass is 9.77. The molecule has 1 aromatic heterocycles. The van der Waals surface area contributed by atoms with Gasteiger partial charge >= 0.3 is 6.03 Å². The first-order valence-electron chi connectivity index (χ1n) is 7.72. The third-order valence-electron chi connectivity index (χ3n) is 4.54. The average Bonchev–Trinajstić information content (AvgIpc) is 2.84. The van der Waals surface area contributed by atoms with Crippen LogP contribution in [0.25, 0.3) is 0 Å². The van der Waals surface area contributed by atoms with Crippen LogP contribution in [0.4, 0.5) is 10.5 Å². The minimum Gasteiger partial charge on any atom is -0.350 e. The zero-order chi connectivity index (χ0) is 18.1. The highest BCUT2D eigenvalue weighted by molar-refractivity contribution is 6.70. The molecule has 3 unspecified atom stereocenters. The van der Waals surface area contributed by atoms with Gasteiger partial charge in [-0.05, 0) is 25.0 Å². The number of nitrogens with zero attached hydrogens (tertiary/aromatic N) is 4. The van der Waals surface area contributed by atoms with Gasteiger partial charge in [-0.2, -0.15) is 10.1 Å². The number of Topliss-reactive ketones (excluding diaryl/α,β-unsaturated/α-hetero) is 2. The van der Waals surface area contributed by atoms with E-state index in [-0.39, 0.29) is 12.1 Å². The number of hydrogen-bond donors (Lipinski definition) is 1. The fourth-order valence-corrected chi connectivity index (χ4v) is 3.43. The monoisotopic (exact) mass is 345 g/mol. The average molecular weight is 345 g/mol. The predicted octanol–water partition coefficient (Wildman–Crippen LogP) is 0.536. The Balaban J connectivity index is 2.00. The Morgan fingerprint density at radius 1 is 1.36 bits per heavy atom. The van der Waals surface area contributed by atoms with Gasteiger partial charge in [-0.1, -0.05) is 0 Å². The molecule has 1 heterocycles. The molecule has 130 valence electrons. The number of hydrogen-bond acceptors (Lipinski definition) is 7. The normalized spacial score (nSPS) is 27.2. The van der Waals surface area contributed by atoms with Crippen molar-refractivity contribution in [3.63, 3.8) is 0 Å². The molecule has 0 aliphatic heterocycles. The molecule has 10 nitrogen and oxygen atoms in total. The quantitative estimate of drug-likeness (QED) is 0.624. The molecular formula is C15H15N5O5. The smallest absolute Gasteiger partial charge is 0.340 e. The third-order valence-corrected chi connectivity index (χ3v) is 4.54. The van der Waals surface area contributed by atoms with Gasteiger partial charge in [-0.15, -0.1) is 0 Å². The van der Waals surface area contributed by atoms with E-state index in [2.05, 4.69) is 10.1 Å². The van der Waals surface area contributed by atoms with Crippen molar-refractivity contribution in [2.45, 2.75) is 25.3 Å². The van der Waals surface area contributed by atoms with Crippen LogP contribution in [0, 0.1) is 22.0 Å². The summed E-state index contributed by atoms with van der Waals surface area (Å²) in [6.07, 6.45) is 3.88. The number of nitrogens with two attached hydrogens (primary N) is 1. The van der Waals surface area contributed by atoms with Crippen LogP contribution in [0.3, 0.4) is 0 Å². The summed E-state index contributed by atoms with van der Waals surface area (Å²) in [5.74, 6) is -3.07. The van der Waals surface area contributed by atoms with Crippen molar-refractivity contribution >= 4 is 29.0 Å². The van der Waals surface area contributed by atoms with Crippen LogP contribution >= 0.6 is 0 Å². The lowest BCUT2D eigenvalue weighted by Crippen LogP contribution is -2.40. The van der Waals surface area contributed by atoms with Crippen LogP contribution < -0.4 is 10.7 Å². The first-order valence-corrected chi connectivity index (χ1v) is 7.72. The summed E-state index contributed by atoms with van der Waals surface area (Å²) >= 11 is 0. The van der Waals surface area contributed by atoms with Crippen molar-refractivity contribution in [1.82, 2.24) is 4.98 Å². The lowest BCUT2D eigenvalue weighted by molar-refractivity contribution is -0.533. The van der Waals surface area contributed by atoms with Crippen LogP contribution in [-0.2, 0) is 9.59 Å². The van der Waals surface area contributed by atoms with Gasteiger partial charge in [0, 0.05) is 23.5 Å². The van der Waals surface area contributed by atoms with Gasteiger partial charge in [0.1, 0.15) is 5.92 Å². The molecule has 3 atom stereocenters. The highest BCUT2D eigenvalue weighted by Crippen LogP contribution is 2.38. The number of primary amides is 1. The van der Waals surface area contributed by atoms with Crippen molar-refractivity contribution < 1.29 is 19.3 Å². The second-order valence-electron chi connectivity index (χ2n) is 5.95. The zero-order valence-electron chi connectivity index (χ0n) is 13.1. The second-order valence-corrected chi connectivity index (χ2v) is 5.95. The number of pyridine rings is 1. The van der Waals surface area contributed by atoms with E-state index in [1.165, 1.54) is 24.5 Å². The zero-order valence-corrected chi connectivity index (χ0v) is 13.1. The molecule has 2 saturated carbocycles. The molecule has 0 spiro atoms. The molecular weight excluding hydrogens is 330 g/mol. The van der Waals surface area contributed by atoms with E-state index in [1.807, 2.05) is 0 Å². The minimum absolute atomic E-state index is 0.184. The molecule has 0 aromatic carbocycles. The topological polar surface area (TPSA) is 149 Å². The number of carbonyl (C=O) groups excluding carboxylic acids is 3. The van der Waals surface area contributed by atoms with Crippen LogP contribution in [0.2, 0.25) is 0 Å². The number of urea groups is 1. The van der Waals surface area contributed by atoms with Gasteiger partial charge < -0.3 is 5.73 Å². The number of rotatable bonds is 3. The number of hydrazone groups is 1. The Kier molecular flexibility index (Phi) is 4.26. The Labute approximate surface area is 141 Å². The Bertz CT molecular complexity index is 778. The molecule has 2 aliphatic carbocycles. The van der Waals surface area contributed by atoms with Crippen LogP contribution in [0.15, 0.2) is 29.6 Å². The van der Waals surface area contributed by atoms with Crippen molar-refractivity contribution in [3.05, 3.63) is 34.6 Å². The largest absolute Gasteiger partial charge is 0.350 e. The lowest BCUT2D eigenvalue weighted by Gasteiger charge is -2.24. The summed E-state index contributed by atoms with van der Waals surface area (Å²) in [6.45, 7) is 0. The van der Waals surface area contributed by atoms with E-state index < -0.39 is 46.1 Å². The maximum Gasteiger partial charge on any atom is 0.340 e.